The minimum atomic E-state index is -3.56. The minimum absolute atomic E-state index is 0.345. The molecule has 0 fully saturated rings. The summed E-state index contributed by atoms with van der Waals surface area (Å²) in [6, 6.07) is 5.48. The Morgan fingerprint density at radius 2 is 1.89 bits per heavy atom. The average Bonchev–Trinajstić information content (AvgIpc) is 2.30. The summed E-state index contributed by atoms with van der Waals surface area (Å²) in [6.07, 6.45) is 1.07. The Bertz CT molecular complexity index is 543. The van der Waals surface area contributed by atoms with Crippen LogP contribution in [0.15, 0.2) is 24.3 Å². The van der Waals surface area contributed by atoms with Crippen molar-refractivity contribution >= 4 is 33.2 Å². The summed E-state index contributed by atoms with van der Waals surface area (Å²) in [5.41, 5.74) is 0.408. The standard InChI is InChI=1S/C12H17ClN2O3S/c1-4-14-12(16)9(2)15(19(3,17)18)11-7-5-10(13)6-8-11/h5-9H,4H2,1-3H3,(H,14,16). The van der Waals surface area contributed by atoms with E-state index in [1.54, 1.807) is 38.1 Å². The van der Waals surface area contributed by atoms with Gasteiger partial charge < -0.3 is 5.32 Å². The molecule has 0 spiro atoms. The molecular formula is C12H17ClN2O3S. The second-order valence-electron chi connectivity index (χ2n) is 4.11. The lowest BCUT2D eigenvalue weighted by Gasteiger charge is -2.28. The zero-order chi connectivity index (χ0) is 14.6. The van der Waals surface area contributed by atoms with Crippen LogP contribution in [0.5, 0.6) is 0 Å². The van der Waals surface area contributed by atoms with Gasteiger partial charge in [-0.25, -0.2) is 8.42 Å². The molecule has 106 valence electrons. The van der Waals surface area contributed by atoms with Crippen molar-refractivity contribution in [2.24, 2.45) is 0 Å². The monoisotopic (exact) mass is 304 g/mol. The number of nitrogens with zero attached hydrogens (tertiary/aromatic N) is 1. The number of nitrogens with one attached hydrogen (secondary N) is 1. The van der Waals surface area contributed by atoms with Gasteiger partial charge in [0.15, 0.2) is 0 Å². The predicted molar refractivity (Wildman–Crippen MR) is 76.9 cm³/mol. The van der Waals surface area contributed by atoms with Crippen LogP contribution in [-0.4, -0.2) is 33.2 Å². The third-order valence-electron chi connectivity index (χ3n) is 2.52. The summed E-state index contributed by atoms with van der Waals surface area (Å²) < 4.78 is 24.8. The molecule has 1 amide bonds. The van der Waals surface area contributed by atoms with Gasteiger partial charge >= 0.3 is 0 Å². The summed E-state index contributed by atoms with van der Waals surface area (Å²) in [5, 5.41) is 3.11. The van der Waals surface area contributed by atoms with Crippen molar-refractivity contribution < 1.29 is 13.2 Å². The van der Waals surface area contributed by atoms with E-state index in [0.717, 1.165) is 10.6 Å². The largest absolute Gasteiger partial charge is 0.355 e. The van der Waals surface area contributed by atoms with Gasteiger partial charge in [0.05, 0.1) is 11.9 Å². The smallest absolute Gasteiger partial charge is 0.243 e. The van der Waals surface area contributed by atoms with Crippen molar-refractivity contribution in [2.75, 3.05) is 17.1 Å². The maximum absolute atomic E-state index is 11.9. The molecule has 0 bridgehead atoms. The topological polar surface area (TPSA) is 66.5 Å². The number of hydrogen-bond donors (Lipinski definition) is 1. The first kappa shape index (κ1) is 15.8. The highest BCUT2D eigenvalue weighted by Gasteiger charge is 2.28. The number of halogens is 1. The Labute approximate surface area is 118 Å². The Morgan fingerprint density at radius 1 is 1.37 bits per heavy atom. The highest BCUT2D eigenvalue weighted by atomic mass is 35.5. The van der Waals surface area contributed by atoms with Crippen molar-refractivity contribution in [3.8, 4) is 0 Å². The summed E-state index contributed by atoms with van der Waals surface area (Å²) >= 11 is 5.78. The van der Waals surface area contributed by atoms with Gasteiger partial charge in [-0.1, -0.05) is 11.6 Å². The first-order valence-electron chi connectivity index (χ1n) is 5.80. The van der Waals surface area contributed by atoms with Crippen LogP contribution >= 0.6 is 11.6 Å². The third kappa shape index (κ3) is 4.11. The zero-order valence-electron chi connectivity index (χ0n) is 11.1. The van der Waals surface area contributed by atoms with E-state index in [-0.39, 0.29) is 5.91 Å². The summed E-state index contributed by atoms with van der Waals surface area (Å²) in [4.78, 5) is 11.8. The van der Waals surface area contributed by atoms with Crippen molar-refractivity contribution in [3.63, 3.8) is 0 Å². The van der Waals surface area contributed by atoms with E-state index in [4.69, 9.17) is 11.6 Å². The average molecular weight is 305 g/mol. The molecule has 0 saturated heterocycles. The molecule has 19 heavy (non-hydrogen) atoms. The summed E-state index contributed by atoms with van der Waals surface area (Å²) in [6.45, 7) is 3.76. The highest BCUT2D eigenvalue weighted by Crippen LogP contribution is 2.22. The lowest BCUT2D eigenvalue weighted by molar-refractivity contribution is -0.121. The molecule has 5 nitrogen and oxygen atoms in total. The fourth-order valence-corrected chi connectivity index (χ4v) is 3.02. The van der Waals surface area contributed by atoms with Crippen LogP contribution < -0.4 is 9.62 Å². The van der Waals surface area contributed by atoms with Gasteiger partial charge in [-0.15, -0.1) is 0 Å². The summed E-state index contributed by atoms with van der Waals surface area (Å²) in [7, 11) is -3.56. The van der Waals surface area contributed by atoms with E-state index in [2.05, 4.69) is 5.32 Å². The van der Waals surface area contributed by atoms with Crippen LogP contribution in [0.25, 0.3) is 0 Å². The Morgan fingerprint density at radius 3 is 2.32 bits per heavy atom. The molecule has 1 N–H and O–H groups in total. The predicted octanol–water partition coefficient (Wildman–Crippen LogP) is 1.63. The number of hydrogen-bond acceptors (Lipinski definition) is 3. The first-order valence-corrected chi connectivity index (χ1v) is 8.02. The molecule has 1 atom stereocenters. The molecule has 1 rings (SSSR count). The van der Waals surface area contributed by atoms with Crippen LogP contribution in [0.2, 0.25) is 5.02 Å². The number of likely N-dealkylation sites (N-methyl/N-ethyl adjacent to an activating group) is 1. The van der Waals surface area contributed by atoms with Crippen LogP contribution in [0.1, 0.15) is 13.8 Å². The zero-order valence-corrected chi connectivity index (χ0v) is 12.6. The molecule has 0 aromatic heterocycles. The number of benzene rings is 1. The highest BCUT2D eigenvalue weighted by molar-refractivity contribution is 7.92. The molecule has 7 heteroatoms. The summed E-state index contributed by atoms with van der Waals surface area (Å²) in [5.74, 6) is -0.345. The molecule has 1 aromatic carbocycles. The van der Waals surface area contributed by atoms with Crippen LogP contribution in [0.3, 0.4) is 0 Å². The maximum Gasteiger partial charge on any atom is 0.243 e. The van der Waals surface area contributed by atoms with Crippen molar-refractivity contribution in [1.29, 1.82) is 0 Å². The SMILES string of the molecule is CCNC(=O)C(C)N(c1ccc(Cl)cc1)S(C)(=O)=O. The molecular weight excluding hydrogens is 288 g/mol. The van der Waals surface area contributed by atoms with Gasteiger partial charge in [-0.2, -0.15) is 0 Å². The number of amides is 1. The normalized spacial score (nSPS) is 12.8. The number of anilines is 1. The third-order valence-corrected chi connectivity index (χ3v) is 4.01. The molecule has 0 aliphatic carbocycles. The first-order chi connectivity index (χ1) is 8.77. The van der Waals surface area contributed by atoms with Crippen LogP contribution in [0, 0.1) is 0 Å². The van der Waals surface area contributed by atoms with E-state index in [1.807, 2.05) is 0 Å². The van der Waals surface area contributed by atoms with E-state index < -0.39 is 16.1 Å². The number of sulfonamides is 1. The number of carbonyl (C=O) groups excluding carboxylic acids is 1. The fourth-order valence-electron chi connectivity index (χ4n) is 1.72. The number of rotatable bonds is 5. The Hall–Kier alpha value is -1.27. The van der Waals surface area contributed by atoms with Crippen LogP contribution in [-0.2, 0) is 14.8 Å². The quantitative estimate of drug-likeness (QED) is 0.899. The second-order valence-corrected chi connectivity index (χ2v) is 6.40. The van der Waals surface area contributed by atoms with E-state index in [1.165, 1.54) is 0 Å². The van der Waals surface area contributed by atoms with E-state index >= 15 is 0 Å². The fraction of sp³-hybridized carbons (Fsp3) is 0.417. The molecule has 0 saturated carbocycles. The van der Waals surface area contributed by atoms with Crippen molar-refractivity contribution in [3.05, 3.63) is 29.3 Å². The van der Waals surface area contributed by atoms with Gasteiger partial charge in [0.1, 0.15) is 6.04 Å². The molecule has 1 unspecified atom stereocenters. The van der Waals surface area contributed by atoms with Gasteiger partial charge in [-0.3, -0.25) is 9.10 Å². The van der Waals surface area contributed by atoms with E-state index in [9.17, 15) is 13.2 Å². The van der Waals surface area contributed by atoms with Crippen LogP contribution in [0.4, 0.5) is 5.69 Å². The molecule has 0 aliphatic heterocycles. The molecule has 1 aromatic rings. The second kappa shape index (κ2) is 6.25. The Kier molecular flexibility index (Phi) is 5.20. The number of carbonyl (C=O) groups is 1. The van der Waals surface area contributed by atoms with E-state index in [0.29, 0.717) is 17.3 Å². The van der Waals surface area contributed by atoms with Crippen molar-refractivity contribution in [1.82, 2.24) is 5.32 Å². The molecule has 0 radical (unpaired) electrons. The van der Waals surface area contributed by atoms with Gasteiger partial charge in [0, 0.05) is 11.6 Å². The van der Waals surface area contributed by atoms with Crippen molar-refractivity contribution in [2.45, 2.75) is 19.9 Å². The Balaban J connectivity index is 3.16. The van der Waals surface area contributed by atoms with Gasteiger partial charge in [0.2, 0.25) is 15.9 Å². The lowest BCUT2D eigenvalue weighted by Crippen LogP contribution is -2.47. The molecule has 0 heterocycles. The van der Waals surface area contributed by atoms with Gasteiger partial charge in [-0.05, 0) is 38.1 Å². The minimum Gasteiger partial charge on any atom is -0.355 e. The molecule has 0 aliphatic rings. The lowest BCUT2D eigenvalue weighted by atomic mass is 10.2. The van der Waals surface area contributed by atoms with Gasteiger partial charge in [0.25, 0.3) is 0 Å². The maximum atomic E-state index is 11.9.